The normalized spacial score (nSPS) is 18.6. The van der Waals surface area contributed by atoms with Crippen molar-refractivity contribution in [3.05, 3.63) is 36.4 Å². The molecule has 0 bridgehead atoms. The molecule has 3 heteroatoms. The number of carbonyl (C=O) groups is 1. The van der Waals surface area contributed by atoms with Crippen LogP contribution in [0.3, 0.4) is 0 Å². The minimum Gasteiger partial charge on any atom is -0.508 e. The first-order valence-electron chi connectivity index (χ1n) is 5.49. The Morgan fingerprint density at radius 1 is 1.38 bits per heavy atom. The zero-order valence-corrected chi connectivity index (χ0v) is 9.02. The molecule has 0 saturated heterocycles. The molecule has 2 N–H and O–H groups in total. The highest BCUT2D eigenvalue weighted by Gasteiger charge is 2.13. The van der Waals surface area contributed by atoms with Crippen molar-refractivity contribution >= 4 is 11.6 Å². The first kappa shape index (κ1) is 10.7. The van der Waals surface area contributed by atoms with Crippen LogP contribution in [0.25, 0.3) is 0 Å². The minimum atomic E-state index is 0.0299. The van der Waals surface area contributed by atoms with E-state index in [1.807, 2.05) is 0 Å². The zero-order chi connectivity index (χ0) is 11.4. The number of benzene rings is 1. The van der Waals surface area contributed by atoms with Gasteiger partial charge in [0.25, 0.3) is 0 Å². The van der Waals surface area contributed by atoms with Gasteiger partial charge >= 0.3 is 0 Å². The van der Waals surface area contributed by atoms with Crippen molar-refractivity contribution in [3.63, 3.8) is 0 Å². The van der Waals surface area contributed by atoms with E-state index in [0.29, 0.717) is 12.3 Å². The molecule has 84 valence electrons. The highest BCUT2D eigenvalue weighted by Crippen LogP contribution is 2.21. The molecular formula is C13H15NO2. The largest absolute Gasteiger partial charge is 0.508 e. The standard InChI is InChI=1S/C13H15NO2/c15-12-7-5-11(6-8-12)14-13(16)9-10-3-1-2-4-10/h1,3,5-8,10,15H,2,4,9H2,(H,14,16). The van der Waals surface area contributed by atoms with E-state index in [2.05, 4.69) is 17.5 Å². The molecule has 3 nitrogen and oxygen atoms in total. The van der Waals surface area contributed by atoms with Gasteiger partial charge < -0.3 is 10.4 Å². The summed E-state index contributed by atoms with van der Waals surface area (Å²) in [5.74, 6) is 0.621. The average Bonchev–Trinajstić information content (AvgIpc) is 2.74. The number of phenolic OH excluding ortho intramolecular Hbond substituents is 1. The van der Waals surface area contributed by atoms with Gasteiger partial charge in [-0.3, -0.25) is 4.79 Å². The predicted molar refractivity (Wildman–Crippen MR) is 63.2 cm³/mol. The average molecular weight is 217 g/mol. The monoisotopic (exact) mass is 217 g/mol. The SMILES string of the molecule is O=C(CC1C=CCC1)Nc1ccc(O)cc1. The van der Waals surface area contributed by atoms with Gasteiger partial charge in [0, 0.05) is 12.1 Å². The fraction of sp³-hybridized carbons (Fsp3) is 0.308. The molecule has 1 unspecified atom stereocenters. The zero-order valence-electron chi connectivity index (χ0n) is 9.02. The van der Waals surface area contributed by atoms with E-state index < -0.39 is 0 Å². The van der Waals surface area contributed by atoms with Gasteiger partial charge in [-0.05, 0) is 43.0 Å². The smallest absolute Gasteiger partial charge is 0.224 e. The van der Waals surface area contributed by atoms with Crippen molar-refractivity contribution in [1.82, 2.24) is 0 Å². The molecule has 2 rings (SSSR count). The third-order valence-corrected chi connectivity index (χ3v) is 2.71. The second kappa shape index (κ2) is 4.84. The first-order valence-corrected chi connectivity index (χ1v) is 5.49. The second-order valence-electron chi connectivity index (χ2n) is 4.06. The Kier molecular flexibility index (Phi) is 3.25. The summed E-state index contributed by atoms with van der Waals surface area (Å²) in [6.45, 7) is 0. The van der Waals surface area contributed by atoms with Crippen molar-refractivity contribution in [2.24, 2.45) is 5.92 Å². The fourth-order valence-electron chi connectivity index (χ4n) is 1.86. The lowest BCUT2D eigenvalue weighted by Crippen LogP contribution is -2.14. The molecule has 0 radical (unpaired) electrons. The number of allylic oxidation sites excluding steroid dienone is 2. The van der Waals surface area contributed by atoms with Crippen molar-refractivity contribution in [2.45, 2.75) is 19.3 Å². The topological polar surface area (TPSA) is 49.3 Å². The van der Waals surface area contributed by atoms with Crippen LogP contribution < -0.4 is 5.32 Å². The number of phenols is 1. The van der Waals surface area contributed by atoms with Crippen LogP contribution in [0, 0.1) is 5.92 Å². The third kappa shape index (κ3) is 2.86. The Labute approximate surface area is 94.8 Å². The first-order chi connectivity index (χ1) is 7.74. The van der Waals surface area contributed by atoms with E-state index >= 15 is 0 Å². The second-order valence-corrected chi connectivity index (χ2v) is 4.06. The van der Waals surface area contributed by atoms with E-state index in [0.717, 1.165) is 18.5 Å². The summed E-state index contributed by atoms with van der Waals surface area (Å²) in [6.07, 6.45) is 6.92. The summed E-state index contributed by atoms with van der Waals surface area (Å²) in [5, 5.41) is 11.9. The molecule has 1 aromatic rings. The number of rotatable bonds is 3. The number of hydrogen-bond donors (Lipinski definition) is 2. The molecule has 1 amide bonds. The number of amides is 1. The highest BCUT2D eigenvalue weighted by molar-refractivity contribution is 5.91. The van der Waals surface area contributed by atoms with Gasteiger partial charge in [0.2, 0.25) is 5.91 Å². The van der Waals surface area contributed by atoms with E-state index in [9.17, 15) is 4.79 Å². The van der Waals surface area contributed by atoms with Crippen LogP contribution in [0.1, 0.15) is 19.3 Å². The Hall–Kier alpha value is -1.77. The quantitative estimate of drug-likeness (QED) is 0.604. The van der Waals surface area contributed by atoms with Crippen LogP contribution >= 0.6 is 0 Å². The molecule has 0 heterocycles. The molecule has 0 aliphatic heterocycles. The van der Waals surface area contributed by atoms with Crippen molar-refractivity contribution in [2.75, 3.05) is 5.32 Å². The maximum absolute atomic E-state index is 11.6. The van der Waals surface area contributed by atoms with Crippen LogP contribution in [-0.4, -0.2) is 11.0 Å². The fourth-order valence-corrected chi connectivity index (χ4v) is 1.86. The molecule has 0 fully saturated rings. The number of carbonyl (C=O) groups excluding carboxylic acids is 1. The Balaban J connectivity index is 1.86. The number of anilines is 1. The summed E-state index contributed by atoms with van der Waals surface area (Å²) in [5.41, 5.74) is 0.727. The van der Waals surface area contributed by atoms with Crippen LogP contribution in [0.15, 0.2) is 36.4 Å². The number of nitrogens with one attached hydrogen (secondary N) is 1. The maximum atomic E-state index is 11.6. The Morgan fingerprint density at radius 2 is 2.12 bits per heavy atom. The molecule has 1 aliphatic carbocycles. The summed E-state index contributed by atoms with van der Waals surface area (Å²) in [7, 11) is 0. The predicted octanol–water partition coefficient (Wildman–Crippen LogP) is 2.69. The van der Waals surface area contributed by atoms with Crippen molar-refractivity contribution < 1.29 is 9.90 Å². The molecule has 0 saturated carbocycles. The van der Waals surface area contributed by atoms with Gasteiger partial charge in [0.05, 0.1) is 0 Å². The number of hydrogen-bond acceptors (Lipinski definition) is 2. The molecule has 0 spiro atoms. The molecule has 0 aromatic heterocycles. The summed E-state index contributed by atoms with van der Waals surface area (Å²) < 4.78 is 0. The lowest BCUT2D eigenvalue weighted by molar-refractivity contribution is -0.116. The Bertz CT molecular complexity index is 395. The lowest BCUT2D eigenvalue weighted by Gasteiger charge is -2.08. The molecule has 16 heavy (non-hydrogen) atoms. The van der Waals surface area contributed by atoms with Crippen molar-refractivity contribution in [1.29, 1.82) is 0 Å². The van der Waals surface area contributed by atoms with Crippen LogP contribution in [0.4, 0.5) is 5.69 Å². The van der Waals surface area contributed by atoms with Crippen molar-refractivity contribution in [3.8, 4) is 5.75 Å². The maximum Gasteiger partial charge on any atom is 0.224 e. The summed E-state index contributed by atoms with van der Waals surface area (Å²) in [6, 6.07) is 6.51. The molecule has 1 atom stereocenters. The summed E-state index contributed by atoms with van der Waals surface area (Å²) in [4.78, 5) is 11.6. The minimum absolute atomic E-state index is 0.0299. The summed E-state index contributed by atoms with van der Waals surface area (Å²) >= 11 is 0. The van der Waals surface area contributed by atoms with Gasteiger partial charge in [-0.25, -0.2) is 0 Å². The van der Waals surface area contributed by atoms with Crippen LogP contribution in [0.2, 0.25) is 0 Å². The van der Waals surface area contributed by atoms with Crippen LogP contribution in [-0.2, 0) is 4.79 Å². The number of aromatic hydroxyl groups is 1. The third-order valence-electron chi connectivity index (χ3n) is 2.71. The van der Waals surface area contributed by atoms with E-state index in [1.54, 1.807) is 24.3 Å². The van der Waals surface area contributed by atoms with Gasteiger partial charge in [-0.1, -0.05) is 12.2 Å². The highest BCUT2D eigenvalue weighted by atomic mass is 16.3. The Morgan fingerprint density at radius 3 is 2.75 bits per heavy atom. The van der Waals surface area contributed by atoms with Gasteiger partial charge in [0.1, 0.15) is 5.75 Å². The van der Waals surface area contributed by atoms with Gasteiger partial charge in [-0.15, -0.1) is 0 Å². The van der Waals surface area contributed by atoms with Gasteiger partial charge in [-0.2, -0.15) is 0 Å². The van der Waals surface area contributed by atoms with E-state index in [4.69, 9.17) is 5.11 Å². The molecule has 1 aliphatic rings. The van der Waals surface area contributed by atoms with Gasteiger partial charge in [0.15, 0.2) is 0 Å². The van der Waals surface area contributed by atoms with E-state index in [-0.39, 0.29) is 11.7 Å². The molecular weight excluding hydrogens is 202 g/mol. The molecule has 1 aromatic carbocycles. The van der Waals surface area contributed by atoms with Crippen LogP contribution in [0.5, 0.6) is 5.75 Å². The van der Waals surface area contributed by atoms with E-state index in [1.165, 1.54) is 0 Å². The lowest BCUT2D eigenvalue weighted by atomic mass is 10.1.